The van der Waals surface area contributed by atoms with Gasteiger partial charge in [-0.15, -0.1) is 0 Å². The number of nitrogens with zero attached hydrogens (tertiary/aromatic N) is 1. The summed E-state index contributed by atoms with van der Waals surface area (Å²) in [6.45, 7) is 1.83. The Morgan fingerprint density at radius 1 is 1.50 bits per heavy atom. The molecule has 0 radical (unpaired) electrons. The Hall–Kier alpha value is -1.80. The highest BCUT2D eigenvalue weighted by Crippen LogP contribution is 2.26. The van der Waals surface area contributed by atoms with Crippen molar-refractivity contribution in [3.63, 3.8) is 0 Å². The SMILES string of the molecule is CCN(c1ccc(C(=O)O)cc1N)S(=O)(=O)NC. The lowest BCUT2D eigenvalue weighted by Crippen LogP contribution is -2.39. The van der Waals surface area contributed by atoms with E-state index in [1.165, 1.54) is 25.2 Å². The van der Waals surface area contributed by atoms with Crippen LogP contribution in [-0.2, 0) is 10.2 Å². The smallest absolute Gasteiger partial charge is 0.335 e. The molecule has 1 rings (SSSR count). The van der Waals surface area contributed by atoms with E-state index >= 15 is 0 Å². The van der Waals surface area contributed by atoms with Gasteiger partial charge in [0.1, 0.15) is 0 Å². The number of anilines is 2. The fraction of sp³-hybridized carbons (Fsp3) is 0.300. The second-order valence-electron chi connectivity index (χ2n) is 3.45. The lowest BCUT2D eigenvalue weighted by molar-refractivity contribution is 0.0697. The molecule has 100 valence electrons. The Balaban J connectivity index is 3.28. The van der Waals surface area contributed by atoms with Crippen LogP contribution in [-0.4, -0.2) is 33.1 Å². The highest BCUT2D eigenvalue weighted by atomic mass is 32.2. The molecule has 0 fully saturated rings. The number of nitrogen functional groups attached to an aromatic ring is 1. The van der Waals surface area contributed by atoms with Gasteiger partial charge >= 0.3 is 16.2 Å². The Morgan fingerprint density at radius 3 is 2.50 bits per heavy atom. The minimum atomic E-state index is -3.66. The van der Waals surface area contributed by atoms with E-state index in [-0.39, 0.29) is 23.5 Å². The predicted molar refractivity (Wildman–Crippen MR) is 68.8 cm³/mol. The van der Waals surface area contributed by atoms with Crippen molar-refractivity contribution >= 4 is 27.6 Å². The number of hydrogen-bond acceptors (Lipinski definition) is 4. The van der Waals surface area contributed by atoms with Crippen molar-refractivity contribution in [2.45, 2.75) is 6.92 Å². The van der Waals surface area contributed by atoms with Gasteiger partial charge in [0.15, 0.2) is 0 Å². The van der Waals surface area contributed by atoms with Gasteiger partial charge in [0.25, 0.3) is 0 Å². The van der Waals surface area contributed by atoms with Crippen LogP contribution in [0, 0.1) is 0 Å². The van der Waals surface area contributed by atoms with Crippen molar-refractivity contribution in [1.29, 1.82) is 0 Å². The molecule has 1 aromatic carbocycles. The fourth-order valence-corrected chi connectivity index (χ4v) is 2.48. The van der Waals surface area contributed by atoms with E-state index in [1.54, 1.807) is 6.92 Å². The maximum Gasteiger partial charge on any atom is 0.335 e. The van der Waals surface area contributed by atoms with Crippen molar-refractivity contribution in [2.24, 2.45) is 0 Å². The molecule has 0 aliphatic rings. The summed E-state index contributed by atoms with van der Waals surface area (Å²) in [5.41, 5.74) is 6.04. The second kappa shape index (κ2) is 5.23. The minimum Gasteiger partial charge on any atom is -0.478 e. The Labute approximate surface area is 105 Å². The number of carbonyl (C=O) groups is 1. The molecule has 0 amide bonds. The second-order valence-corrected chi connectivity index (χ2v) is 5.25. The van der Waals surface area contributed by atoms with Gasteiger partial charge in [0.2, 0.25) is 0 Å². The number of aromatic carboxylic acids is 1. The molecule has 0 aliphatic heterocycles. The first-order valence-corrected chi connectivity index (χ1v) is 6.61. The number of hydrogen-bond donors (Lipinski definition) is 3. The van der Waals surface area contributed by atoms with Crippen LogP contribution < -0.4 is 14.8 Å². The third kappa shape index (κ3) is 2.71. The van der Waals surface area contributed by atoms with E-state index in [2.05, 4.69) is 4.72 Å². The lowest BCUT2D eigenvalue weighted by Gasteiger charge is -2.23. The minimum absolute atomic E-state index is 0.00848. The van der Waals surface area contributed by atoms with E-state index < -0.39 is 16.2 Å². The molecular formula is C10H15N3O4S. The average Bonchev–Trinajstić information content (AvgIpc) is 2.31. The van der Waals surface area contributed by atoms with E-state index in [9.17, 15) is 13.2 Å². The molecule has 8 heteroatoms. The quantitative estimate of drug-likeness (QED) is 0.666. The van der Waals surface area contributed by atoms with E-state index in [4.69, 9.17) is 10.8 Å². The summed E-state index contributed by atoms with van der Waals surface area (Å²) < 4.78 is 26.7. The summed E-state index contributed by atoms with van der Waals surface area (Å²) in [4.78, 5) is 10.8. The van der Waals surface area contributed by atoms with E-state index in [0.717, 1.165) is 4.31 Å². The lowest BCUT2D eigenvalue weighted by atomic mass is 10.2. The van der Waals surface area contributed by atoms with Crippen molar-refractivity contribution < 1.29 is 18.3 Å². The molecule has 0 saturated carbocycles. The van der Waals surface area contributed by atoms with Crippen LogP contribution >= 0.6 is 0 Å². The number of carboxylic acids is 1. The van der Waals surface area contributed by atoms with Crippen LogP contribution in [0.5, 0.6) is 0 Å². The third-order valence-corrected chi connectivity index (χ3v) is 3.93. The summed E-state index contributed by atoms with van der Waals surface area (Å²) in [7, 11) is -2.37. The molecule has 0 bridgehead atoms. The largest absolute Gasteiger partial charge is 0.478 e. The maximum atomic E-state index is 11.7. The van der Waals surface area contributed by atoms with Gasteiger partial charge in [-0.2, -0.15) is 8.42 Å². The topological polar surface area (TPSA) is 113 Å². The van der Waals surface area contributed by atoms with Crippen molar-refractivity contribution in [3.05, 3.63) is 23.8 Å². The van der Waals surface area contributed by atoms with Crippen LogP contribution in [0.3, 0.4) is 0 Å². The molecule has 1 aromatic rings. The summed E-state index contributed by atoms with van der Waals surface area (Å²) in [6, 6.07) is 3.91. The Bertz CT molecular complexity index is 556. The van der Waals surface area contributed by atoms with E-state index in [1.807, 2.05) is 0 Å². The molecule has 18 heavy (non-hydrogen) atoms. The summed E-state index contributed by atoms with van der Waals surface area (Å²) >= 11 is 0. The molecule has 0 saturated heterocycles. The molecule has 0 atom stereocenters. The molecule has 0 spiro atoms. The van der Waals surface area contributed by atoms with Crippen LogP contribution in [0.1, 0.15) is 17.3 Å². The standard InChI is InChI=1S/C10H15N3O4S/c1-3-13(18(16,17)12-2)9-5-4-7(10(14)15)6-8(9)11/h4-6,12H,3,11H2,1-2H3,(H,14,15). The number of benzene rings is 1. The molecule has 0 heterocycles. The Morgan fingerprint density at radius 2 is 2.11 bits per heavy atom. The van der Waals surface area contributed by atoms with Crippen LogP contribution in [0.25, 0.3) is 0 Å². The van der Waals surface area contributed by atoms with Crippen LogP contribution in [0.4, 0.5) is 11.4 Å². The monoisotopic (exact) mass is 273 g/mol. The van der Waals surface area contributed by atoms with Gasteiger partial charge in [-0.3, -0.25) is 4.31 Å². The normalized spacial score (nSPS) is 11.2. The molecular weight excluding hydrogens is 258 g/mol. The molecule has 0 unspecified atom stereocenters. The first-order valence-electron chi connectivity index (χ1n) is 5.17. The van der Waals surface area contributed by atoms with Gasteiger partial charge < -0.3 is 10.8 Å². The average molecular weight is 273 g/mol. The molecule has 0 aromatic heterocycles. The summed E-state index contributed by atoms with van der Waals surface area (Å²) in [5, 5.41) is 8.80. The van der Waals surface area contributed by atoms with Crippen molar-refractivity contribution in [1.82, 2.24) is 4.72 Å². The van der Waals surface area contributed by atoms with Gasteiger partial charge in [-0.1, -0.05) is 0 Å². The van der Waals surface area contributed by atoms with Gasteiger partial charge in [-0.25, -0.2) is 9.52 Å². The molecule has 4 N–H and O–H groups in total. The first kappa shape index (κ1) is 14.3. The maximum absolute atomic E-state index is 11.7. The van der Waals surface area contributed by atoms with Crippen molar-refractivity contribution in [2.75, 3.05) is 23.6 Å². The van der Waals surface area contributed by atoms with Crippen LogP contribution in [0.15, 0.2) is 18.2 Å². The highest BCUT2D eigenvalue weighted by Gasteiger charge is 2.21. The number of rotatable bonds is 5. The third-order valence-electron chi connectivity index (χ3n) is 2.38. The zero-order chi connectivity index (χ0) is 13.9. The van der Waals surface area contributed by atoms with Gasteiger partial charge in [0, 0.05) is 13.6 Å². The summed E-state index contributed by atoms with van der Waals surface area (Å²) in [6.07, 6.45) is 0. The zero-order valence-corrected chi connectivity index (χ0v) is 10.9. The zero-order valence-electron chi connectivity index (χ0n) is 10.0. The fourth-order valence-electron chi connectivity index (χ4n) is 1.49. The summed E-state index contributed by atoms with van der Waals surface area (Å²) in [5.74, 6) is -1.12. The van der Waals surface area contributed by atoms with Crippen molar-refractivity contribution in [3.8, 4) is 0 Å². The van der Waals surface area contributed by atoms with Gasteiger partial charge in [0.05, 0.1) is 16.9 Å². The number of carboxylic acid groups (broad SMARTS) is 1. The van der Waals surface area contributed by atoms with Crippen LogP contribution in [0.2, 0.25) is 0 Å². The first-order chi connectivity index (χ1) is 8.33. The van der Waals surface area contributed by atoms with E-state index in [0.29, 0.717) is 0 Å². The predicted octanol–water partition coefficient (Wildman–Crippen LogP) is 0.258. The Kier molecular flexibility index (Phi) is 4.15. The number of nitrogens with one attached hydrogen (secondary N) is 1. The highest BCUT2D eigenvalue weighted by molar-refractivity contribution is 7.90. The molecule has 0 aliphatic carbocycles. The van der Waals surface area contributed by atoms with Gasteiger partial charge in [-0.05, 0) is 25.1 Å². The number of nitrogens with two attached hydrogens (primary N) is 1. The molecule has 7 nitrogen and oxygen atoms in total.